The zero-order valence-corrected chi connectivity index (χ0v) is 9.89. The molecule has 7 nitrogen and oxygen atoms in total. The van der Waals surface area contributed by atoms with Gasteiger partial charge in [-0.15, -0.1) is 0 Å². The monoisotopic (exact) mass is 247 g/mol. The van der Waals surface area contributed by atoms with E-state index in [0.717, 1.165) is 13.5 Å². The number of ether oxygens (including phenoxy) is 2. The molecule has 0 unspecified atom stereocenters. The molecule has 0 saturated carbocycles. The normalized spacial score (nSPS) is 11.6. The summed E-state index contributed by atoms with van der Waals surface area (Å²) >= 11 is 0. The highest BCUT2D eigenvalue weighted by Crippen LogP contribution is 1.95. The Morgan fingerprint density at radius 3 is 2.47 bits per heavy atom. The number of hydrogen-bond donors (Lipinski definition) is 2. The zero-order chi connectivity index (χ0) is 13.3. The number of nitrogens with one attached hydrogen (secondary N) is 1. The van der Waals surface area contributed by atoms with Crippen LogP contribution in [0.3, 0.4) is 0 Å². The number of carbonyl (C=O) groups is 3. The highest BCUT2D eigenvalue weighted by Gasteiger charge is 2.23. The van der Waals surface area contributed by atoms with E-state index < -0.39 is 30.3 Å². The number of esters is 1. The van der Waals surface area contributed by atoms with Crippen LogP contribution in [0.5, 0.6) is 0 Å². The standard InChI is InChI=1S/C10H17NO6/c1-3-4-17-6-8(12)11-7(10(14)15)5-9(13)16-2/h7H,3-6H2,1-2H3,(H,11,12)(H,14,15)/t7-/m0/s1. The van der Waals surface area contributed by atoms with E-state index in [2.05, 4.69) is 10.1 Å². The number of methoxy groups -OCH3 is 1. The minimum Gasteiger partial charge on any atom is -0.480 e. The SMILES string of the molecule is CCCOCC(=O)N[C@@H](CC(=O)OC)C(=O)O. The van der Waals surface area contributed by atoms with Crippen molar-refractivity contribution in [3.63, 3.8) is 0 Å². The van der Waals surface area contributed by atoms with Gasteiger partial charge in [0.05, 0.1) is 13.5 Å². The van der Waals surface area contributed by atoms with Gasteiger partial charge >= 0.3 is 11.9 Å². The van der Waals surface area contributed by atoms with E-state index in [0.29, 0.717) is 6.61 Å². The van der Waals surface area contributed by atoms with Gasteiger partial charge in [-0.05, 0) is 6.42 Å². The summed E-state index contributed by atoms with van der Waals surface area (Å²) in [6.07, 6.45) is 0.350. The lowest BCUT2D eigenvalue weighted by molar-refractivity contribution is -0.149. The van der Waals surface area contributed by atoms with E-state index in [-0.39, 0.29) is 6.61 Å². The minimum absolute atomic E-state index is 0.223. The van der Waals surface area contributed by atoms with Crippen LogP contribution in [0, 0.1) is 0 Å². The van der Waals surface area contributed by atoms with Crippen molar-refractivity contribution in [2.45, 2.75) is 25.8 Å². The second-order valence-electron chi connectivity index (χ2n) is 3.29. The van der Waals surface area contributed by atoms with Crippen molar-refractivity contribution in [1.82, 2.24) is 5.32 Å². The van der Waals surface area contributed by atoms with Gasteiger partial charge in [0, 0.05) is 6.61 Å². The second-order valence-corrected chi connectivity index (χ2v) is 3.29. The highest BCUT2D eigenvalue weighted by atomic mass is 16.5. The van der Waals surface area contributed by atoms with Crippen LogP contribution < -0.4 is 5.32 Å². The fourth-order valence-electron chi connectivity index (χ4n) is 0.995. The molecule has 0 saturated heterocycles. The number of amides is 1. The molecule has 17 heavy (non-hydrogen) atoms. The van der Waals surface area contributed by atoms with Gasteiger partial charge in [0.1, 0.15) is 12.6 Å². The number of hydrogen-bond acceptors (Lipinski definition) is 5. The van der Waals surface area contributed by atoms with Gasteiger partial charge in [0.2, 0.25) is 5.91 Å². The van der Waals surface area contributed by atoms with Crippen LogP contribution in [-0.2, 0) is 23.9 Å². The maximum atomic E-state index is 11.3. The number of aliphatic carboxylic acids is 1. The second kappa shape index (κ2) is 8.51. The molecule has 0 aliphatic rings. The molecule has 7 heteroatoms. The maximum Gasteiger partial charge on any atom is 0.326 e. The summed E-state index contributed by atoms with van der Waals surface area (Å²) in [6.45, 7) is 2.08. The molecule has 0 aliphatic carbocycles. The molecule has 0 radical (unpaired) electrons. The summed E-state index contributed by atoms with van der Waals surface area (Å²) in [4.78, 5) is 32.9. The average molecular weight is 247 g/mol. The molecule has 0 aromatic heterocycles. The fraction of sp³-hybridized carbons (Fsp3) is 0.700. The molecule has 1 atom stereocenters. The Hall–Kier alpha value is -1.63. The molecule has 0 aromatic rings. The predicted octanol–water partition coefficient (Wildman–Crippen LogP) is -0.454. The first kappa shape index (κ1) is 15.4. The molecule has 2 N–H and O–H groups in total. The van der Waals surface area contributed by atoms with Crippen molar-refractivity contribution in [3.05, 3.63) is 0 Å². The Labute approximate surface area is 99.1 Å². The summed E-state index contributed by atoms with van der Waals surface area (Å²) in [7, 11) is 1.15. The molecule has 0 aromatic carbocycles. The fourth-order valence-corrected chi connectivity index (χ4v) is 0.995. The van der Waals surface area contributed by atoms with Gasteiger partial charge in [-0.25, -0.2) is 4.79 Å². The first-order chi connectivity index (χ1) is 8.01. The summed E-state index contributed by atoms with van der Waals surface area (Å²) in [5, 5.41) is 11.0. The van der Waals surface area contributed by atoms with Crippen LogP contribution >= 0.6 is 0 Å². The first-order valence-electron chi connectivity index (χ1n) is 5.18. The molecule has 0 bridgehead atoms. The van der Waals surface area contributed by atoms with Crippen LogP contribution in [0.1, 0.15) is 19.8 Å². The van der Waals surface area contributed by atoms with Gasteiger partial charge in [0.15, 0.2) is 0 Å². The van der Waals surface area contributed by atoms with E-state index >= 15 is 0 Å². The molecule has 0 fully saturated rings. The van der Waals surface area contributed by atoms with Crippen LogP contribution in [0.4, 0.5) is 0 Å². The number of rotatable bonds is 8. The van der Waals surface area contributed by atoms with Crippen molar-refractivity contribution >= 4 is 17.8 Å². The number of carbonyl (C=O) groups excluding carboxylic acids is 2. The maximum absolute atomic E-state index is 11.3. The topological polar surface area (TPSA) is 102 Å². The summed E-state index contributed by atoms with van der Waals surface area (Å²) in [6, 6.07) is -1.29. The first-order valence-corrected chi connectivity index (χ1v) is 5.18. The number of carboxylic acids is 1. The third kappa shape index (κ3) is 7.29. The number of carboxylic acid groups (broad SMARTS) is 1. The molecule has 0 spiro atoms. The average Bonchev–Trinajstić information content (AvgIpc) is 2.28. The van der Waals surface area contributed by atoms with E-state index in [1.165, 1.54) is 0 Å². The Bertz CT molecular complexity index is 278. The van der Waals surface area contributed by atoms with Crippen molar-refractivity contribution in [2.24, 2.45) is 0 Å². The zero-order valence-electron chi connectivity index (χ0n) is 9.89. The lowest BCUT2D eigenvalue weighted by Crippen LogP contribution is -2.43. The molecule has 0 heterocycles. The Morgan fingerprint density at radius 2 is 2.00 bits per heavy atom. The van der Waals surface area contributed by atoms with Crippen molar-refractivity contribution < 1.29 is 29.0 Å². The smallest absolute Gasteiger partial charge is 0.326 e. The van der Waals surface area contributed by atoms with Crippen molar-refractivity contribution in [2.75, 3.05) is 20.3 Å². The summed E-state index contributed by atoms with van der Waals surface area (Å²) < 4.78 is 9.26. The quantitative estimate of drug-likeness (QED) is 0.444. The Morgan fingerprint density at radius 1 is 1.35 bits per heavy atom. The van der Waals surface area contributed by atoms with Crippen LogP contribution in [0.25, 0.3) is 0 Å². The molecule has 1 amide bonds. The van der Waals surface area contributed by atoms with E-state index in [9.17, 15) is 14.4 Å². The van der Waals surface area contributed by atoms with Gasteiger partial charge in [-0.1, -0.05) is 6.92 Å². The van der Waals surface area contributed by atoms with Gasteiger partial charge in [-0.2, -0.15) is 0 Å². The Balaban J connectivity index is 4.11. The summed E-state index contributed by atoms with van der Waals surface area (Å²) in [5.41, 5.74) is 0. The van der Waals surface area contributed by atoms with Gasteiger partial charge < -0.3 is 19.9 Å². The minimum atomic E-state index is -1.29. The molecular weight excluding hydrogens is 230 g/mol. The largest absolute Gasteiger partial charge is 0.480 e. The van der Waals surface area contributed by atoms with Crippen molar-refractivity contribution in [1.29, 1.82) is 0 Å². The molecule has 0 aliphatic heterocycles. The van der Waals surface area contributed by atoms with Crippen LogP contribution in [0.2, 0.25) is 0 Å². The molecule has 0 rings (SSSR count). The summed E-state index contributed by atoms with van der Waals surface area (Å²) in [5.74, 6) is -2.57. The Kier molecular flexibility index (Phi) is 7.70. The highest BCUT2D eigenvalue weighted by molar-refractivity contribution is 5.87. The van der Waals surface area contributed by atoms with Crippen LogP contribution in [0.15, 0.2) is 0 Å². The predicted molar refractivity (Wildman–Crippen MR) is 57.3 cm³/mol. The lowest BCUT2D eigenvalue weighted by Gasteiger charge is -2.13. The van der Waals surface area contributed by atoms with Crippen molar-refractivity contribution in [3.8, 4) is 0 Å². The third-order valence-corrected chi connectivity index (χ3v) is 1.81. The van der Waals surface area contributed by atoms with Crippen LogP contribution in [-0.4, -0.2) is 49.3 Å². The van der Waals surface area contributed by atoms with E-state index in [4.69, 9.17) is 9.84 Å². The van der Waals surface area contributed by atoms with E-state index in [1.54, 1.807) is 0 Å². The van der Waals surface area contributed by atoms with E-state index in [1.807, 2.05) is 6.92 Å². The van der Waals surface area contributed by atoms with Gasteiger partial charge in [0.25, 0.3) is 0 Å². The van der Waals surface area contributed by atoms with Gasteiger partial charge in [-0.3, -0.25) is 9.59 Å². The third-order valence-electron chi connectivity index (χ3n) is 1.81. The molecular formula is C10H17NO6. The lowest BCUT2D eigenvalue weighted by atomic mass is 10.2. The molecule has 98 valence electrons.